The average molecular weight is 270 g/mol. The molecule has 2 aromatic rings. The second-order valence-corrected chi connectivity index (χ2v) is 5.50. The van der Waals surface area contributed by atoms with Crippen LogP contribution >= 0.6 is 0 Å². The molecule has 104 valence electrons. The van der Waals surface area contributed by atoms with Crippen molar-refractivity contribution in [3.05, 3.63) is 46.0 Å². The van der Waals surface area contributed by atoms with Crippen LogP contribution < -0.4 is 5.56 Å². The van der Waals surface area contributed by atoms with E-state index in [1.165, 1.54) is 0 Å². The summed E-state index contributed by atoms with van der Waals surface area (Å²) < 4.78 is 0. The molecule has 0 saturated heterocycles. The van der Waals surface area contributed by atoms with Crippen molar-refractivity contribution in [2.75, 3.05) is 0 Å². The lowest BCUT2D eigenvalue weighted by Gasteiger charge is -2.10. The molecule has 1 heterocycles. The van der Waals surface area contributed by atoms with Crippen molar-refractivity contribution >= 4 is 0 Å². The monoisotopic (exact) mass is 270 g/mol. The Bertz CT molecular complexity index is 668. The van der Waals surface area contributed by atoms with E-state index in [1.54, 1.807) is 0 Å². The summed E-state index contributed by atoms with van der Waals surface area (Å²) in [6, 6.07) is 7.49. The molecule has 0 radical (unpaired) electrons. The van der Waals surface area contributed by atoms with Crippen molar-refractivity contribution in [1.82, 2.24) is 9.97 Å². The Morgan fingerprint density at radius 3 is 2.45 bits per heavy atom. The van der Waals surface area contributed by atoms with Crippen molar-refractivity contribution in [3.8, 4) is 17.0 Å². The highest BCUT2D eigenvalue weighted by molar-refractivity contribution is 5.67. The minimum Gasteiger partial charge on any atom is -0.493 e. The molecule has 1 aromatic carbocycles. The maximum absolute atomic E-state index is 12.2. The third-order valence-electron chi connectivity index (χ3n) is 4.00. The summed E-state index contributed by atoms with van der Waals surface area (Å²) in [5, 5.41) is 10.1. The number of benzene rings is 1. The highest BCUT2D eigenvalue weighted by atomic mass is 16.3. The number of aryl methyl sites for hydroxylation is 1. The molecule has 0 amide bonds. The van der Waals surface area contributed by atoms with Gasteiger partial charge in [-0.25, -0.2) is 0 Å². The van der Waals surface area contributed by atoms with E-state index in [0.29, 0.717) is 11.4 Å². The van der Waals surface area contributed by atoms with Gasteiger partial charge in [0, 0.05) is 5.92 Å². The van der Waals surface area contributed by atoms with E-state index in [-0.39, 0.29) is 22.9 Å². The van der Waals surface area contributed by atoms with Gasteiger partial charge in [-0.3, -0.25) is 4.79 Å². The van der Waals surface area contributed by atoms with Crippen LogP contribution in [0, 0.1) is 6.92 Å². The zero-order valence-electron chi connectivity index (χ0n) is 11.5. The van der Waals surface area contributed by atoms with Gasteiger partial charge in [-0.2, -0.15) is 4.98 Å². The average Bonchev–Trinajstić information content (AvgIpc) is 2.94. The summed E-state index contributed by atoms with van der Waals surface area (Å²) in [6.45, 7) is 1.98. The Labute approximate surface area is 117 Å². The van der Waals surface area contributed by atoms with E-state index in [0.717, 1.165) is 31.2 Å². The number of aromatic nitrogens is 2. The Morgan fingerprint density at radius 2 is 1.85 bits per heavy atom. The molecule has 0 spiro atoms. The molecule has 4 nitrogen and oxygen atoms in total. The lowest BCUT2D eigenvalue weighted by molar-refractivity contribution is 0.446. The number of nitrogens with zero attached hydrogens (tertiary/aromatic N) is 1. The summed E-state index contributed by atoms with van der Waals surface area (Å²) in [5.41, 5.74) is 1.80. The van der Waals surface area contributed by atoms with Crippen LogP contribution in [0.15, 0.2) is 29.1 Å². The summed E-state index contributed by atoms with van der Waals surface area (Å²) in [5.74, 6) is 0.737. The summed E-state index contributed by atoms with van der Waals surface area (Å²) in [4.78, 5) is 19.3. The number of rotatable bonds is 2. The fourth-order valence-electron chi connectivity index (χ4n) is 2.85. The number of H-pyrrole nitrogens is 1. The smallest absolute Gasteiger partial charge is 0.262 e. The number of nitrogens with one attached hydrogen (secondary N) is 1. The molecular formula is C16H18N2O2. The van der Waals surface area contributed by atoms with E-state index >= 15 is 0 Å². The molecule has 0 unspecified atom stereocenters. The first-order valence-electron chi connectivity index (χ1n) is 7.05. The first-order valence-corrected chi connectivity index (χ1v) is 7.05. The predicted octanol–water partition coefficient (Wildman–Crippen LogP) is 3.11. The molecule has 20 heavy (non-hydrogen) atoms. The second-order valence-electron chi connectivity index (χ2n) is 5.50. The molecule has 2 N–H and O–H groups in total. The molecule has 4 heteroatoms. The van der Waals surface area contributed by atoms with Gasteiger partial charge in [0.05, 0.1) is 0 Å². The van der Waals surface area contributed by atoms with Gasteiger partial charge in [-0.15, -0.1) is 0 Å². The first kappa shape index (κ1) is 12.9. The van der Waals surface area contributed by atoms with Crippen molar-refractivity contribution < 1.29 is 5.11 Å². The van der Waals surface area contributed by atoms with Gasteiger partial charge in [0.2, 0.25) is 5.88 Å². The largest absolute Gasteiger partial charge is 0.493 e. The zero-order valence-corrected chi connectivity index (χ0v) is 11.5. The highest BCUT2D eigenvalue weighted by Gasteiger charge is 2.22. The van der Waals surface area contributed by atoms with Crippen LogP contribution in [0.4, 0.5) is 0 Å². The van der Waals surface area contributed by atoms with Crippen LogP contribution in [0.1, 0.15) is 43.0 Å². The normalized spacial score (nSPS) is 15.7. The van der Waals surface area contributed by atoms with Crippen LogP contribution in [-0.2, 0) is 0 Å². The molecule has 0 atom stereocenters. The molecule has 1 saturated carbocycles. The second kappa shape index (κ2) is 5.12. The van der Waals surface area contributed by atoms with E-state index in [4.69, 9.17) is 0 Å². The number of hydrogen-bond donors (Lipinski definition) is 2. The molecule has 1 aliphatic carbocycles. The van der Waals surface area contributed by atoms with Gasteiger partial charge >= 0.3 is 0 Å². The quantitative estimate of drug-likeness (QED) is 0.881. The van der Waals surface area contributed by atoms with Crippen LogP contribution in [0.25, 0.3) is 11.1 Å². The van der Waals surface area contributed by atoms with Gasteiger partial charge in [-0.05, 0) is 25.3 Å². The topological polar surface area (TPSA) is 66.0 Å². The minimum atomic E-state index is -0.261. The summed E-state index contributed by atoms with van der Waals surface area (Å²) in [6.07, 6.45) is 4.39. The first-order chi connectivity index (χ1) is 9.65. The SMILES string of the molecule is Cc1ccc(-c2c(O)nc(C3CCCC3)[nH]c2=O)cc1. The molecule has 1 fully saturated rings. The van der Waals surface area contributed by atoms with Crippen molar-refractivity contribution in [1.29, 1.82) is 0 Å². The van der Waals surface area contributed by atoms with E-state index in [2.05, 4.69) is 9.97 Å². The Hall–Kier alpha value is -2.10. The fourth-order valence-corrected chi connectivity index (χ4v) is 2.85. The molecule has 0 aliphatic heterocycles. The standard InChI is InChI=1S/C16H18N2O2/c1-10-6-8-11(9-7-10)13-15(19)17-14(18-16(13)20)12-4-2-3-5-12/h6-9,12H,2-5H2,1H3,(H2,17,18,19,20). The number of hydrogen-bond acceptors (Lipinski definition) is 3. The fraction of sp³-hybridized carbons (Fsp3) is 0.375. The number of aromatic amines is 1. The lowest BCUT2D eigenvalue weighted by atomic mass is 10.0. The van der Waals surface area contributed by atoms with Crippen LogP contribution in [0.5, 0.6) is 5.88 Å². The van der Waals surface area contributed by atoms with Gasteiger partial charge < -0.3 is 10.1 Å². The maximum Gasteiger partial charge on any atom is 0.262 e. The van der Waals surface area contributed by atoms with Crippen LogP contribution in [-0.4, -0.2) is 15.1 Å². The van der Waals surface area contributed by atoms with Gasteiger partial charge in [0.25, 0.3) is 5.56 Å². The Balaban J connectivity index is 2.04. The minimum absolute atomic E-state index is 0.167. The Kier molecular flexibility index (Phi) is 3.30. The Morgan fingerprint density at radius 1 is 1.20 bits per heavy atom. The third-order valence-corrected chi connectivity index (χ3v) is 4.00. The van der Waals surface area contributed by atoms with E-state index in [9.17, 15) is 9.90 Å². The lowest BCUT2D eigenvalue weighted by Crippen LogP contribution is -2.15. The zero-order chi connectivity index (χ0) is 14.1. The van der Waals surface area contributed by atoms with E-state index < -0.39 is 0 Å². The van der Waals surface area contributed by atoms with Crippen molar-refractivity contribution in [2.45, 2.75) is 38.5 Å². The molecule has 1 aromatic heterocycles. The van der Waals surface area contributed by atoms with E-state index in [1.807, 2.05) is 31.2 Å². The van der Waals surface area contributed by atoms with Crippen LogP contribution in [0.3, 0.4) is 0 Å². The molecular weight excluding hydrogens is 252 g/mol. The highest BCUT2D eigenvalue weighted by Crippen LogP contribution is 2.33. The van der Waals surface area contributed by atoms with Gasteiger partial charge in [0.15, 0.2) is 0 Å². The van der Waals surface area contributed by atoms with Crippen molar-refractivity contribution in [3.63, 3.8) is 0 Å². The van der Waals surface area contributed by atoms with Gasteiger partial charge in [0.1, 0.15) is 11.4 Å². The predicted molar refractivity (Wildman–Crippen MR) is 77.9 cm³/mol. The summed E-state index contributed by atoms with van der Waals surface area (Å²) >= 11 is 0. The van der Waals surface area contributed by atoms with Gasteiger partial charge in [-0.1, -0.05) is 42.7 Å². The third kappa shape index (κ3) is 2.33. The number of aromatic hydroxyl groups is 1. The molecule has 1 aliphatic rings. The van der Waals surface area contributed by atoms with Crippen LogP contribution in [0.2, 0.25) is 0 Å². The summed E-state index contributed by atoms with van der Waals surface area (Å²) in [7, 11) is 0. The maximum atomic E-state index is 12.2. The molecule has 0 bridgehead atoms. The van der Waals surface area contributed by atoms with Crippen molar-refractivity contribution in [2.24, 2.45) is 0 Å². The molecule has 3 rings (SSSR count).